The lowest BCUT2D eigenvalue weighted by Gasteiger charge is -2.18. The van der Waals surface area contributed by atoms with E-state index in [1.165, 1.54) is 244 Å². The van der Waals surface area contributed by atoms with E-state index in [0.29, 0.717) is 19.3 Å². The molecule has 0 fully saturated rings. The molecule has 0 saturated carbocycles. The minimum atomic E-state index is -0.762. The van der Waals surface area contributed by atoms with Crippen molar-refractivity contribution in [1.29, 1.82) is 0 Å². The number of hydrogen-bond acceptors (Lipinski definition) is 6. The van der Waals surface area contributed by atoms with Crippen molar-refractivity contribution in [1.82, 2.24) is 0 Å². The van der Waals surface area contributed by atoms with E-state index in [4.69, 9.17) is 14.2 Å². The van der Waals surface area contributed by atoms with Crippen LogP contribution in [0, 0.1) is 5.92 Å². The Morgan fingerprint density at radius 1 is 0.284 bits per heavy atom. The Hall–Kier alpha value is -1.59. The standard InChI is InChI=1S/C61H118O6/c1-5-7-9-11-13-15-17-19-20-21-22-23-24-29-32-36-40-44-48-52-59(62)65-55-58(67-61(64)54-50-46-42-38-34-27-18-16-14-12-10-8-6-2)56-66-60(63)53-49-45-41-37-33-30-26-25-28-31-35-39-43-47-51-57(3)4/h57-58H,5-56H2,1-4H3/t58-/m0/s1. The molecule has 1 atom stereocenters. The summed E-state index contributed by atoms with van der Waals surface area (Å²) in [4.78, 5) is 38.2. The topological polar surface area (TPSA) is 78.9 Å². The Labute approximate surface area is 418 Å². The zero-order valence-electron chi connectivity index (χ0n) is 45.9. The zero-order chi connectivity index (χ0) is 48.8. The van der Waals surface area contributed by atoms with Crippen LogP contribution in [0.25, 0.3) is 0 Å². The SMILES string of the molecule is CCCCCCCCCCCCCCCCCCCCCC(=O)OC[C@@H](COC(=O)CCCCCCCCCCCCCCCCC(C)C)OC(=O)CCCCCCCCCCCCCCC. The van der Waals surface area contributed by atoms with Gasteiger partial charge in [0.15, 0.2) is 6.10 Å². The fourth-order valence-electron chi connectivity index (χ4n) is 9.46. The number of unbranched alkanes of at least 4 members (excludes halogenated alkanes) is 43. The van der Waals surface area contributed by atoms with Crippen LogP contribution >= 0.6 is 0 Å². The molecule has 0 aromatic rings. The normalized spacial score (nSPS) is 12.0. The molecule has 0 heterocycles. The molecule has 67 heavy (non-hydrogen) atoms. The molecule has 0 aromatic heterocycles. The smallest absolute Gasteiger partial charge is 0.306 e. The van der Waals surface area contributed by atoms with Gasteiger partial charge in [0.25, 0.3) is 0 Å². The van der Waals surface area contributed by atoms with Crippen molar-refractivity contribution in [3.63, 3.8) is 0 Å². The third-order valence-corrected chi connectivity index (χ3v) is 14.0. The Kier molecular flexibility index (Phi) is 54.0. The Morgan fingerprint density at radius 2 is 0.493 bits per heavy atom. The average Bonchev–Trinajstić information content (AvgIpc) is 3.31. The molecule has 398 valence electrons. The number of hydrogen-bond donors (Lipinski definition) is 0. The number of rotatable bonds is 56. The molecule has 6 nitrogen and oxygen atoms in total. The van der Waals surface area contributed by atoms with E-state index >= 15 is 0 Å². The van der Waals surface area contributed by atoms with E-state index in [9.17, 15) is 14.4 Å². The minimum absolute atomic E-state index is 0.0615. The quantitative estimate of drug-likeness (QED) is 0.0343. The van der Waals surface area contributed by atoms with Gasteiger partial charge in [0.05, 0.1) is 0 Å². The molecule has 0 aromatic carbocycles. The van der Waals surface area contributed by atoms with Crippen LogP contribution in [-0.4, -0.2) is 37.2 Å². The summed E-state index contributed by atoms with van der Waals surface area (Å²) in [5, 5.41) is 0. The number of carbonyl (C=O) groups is 3. The maximum Gasteiger partial charge on any atom is 0.306 e. The molecule has 0 unspecified atom stereocenters. The molecule has 0 amide bonds. The molecule has 0 N–H and O–H groups in total. The van der Waals surface area contributed by atoms with Gasteiger partial charge in [-0.05, 0) is 25.2 Å². The highest BCUT2D eigenvalue weighted by atomic mass is 16.6. The third-order valence-electron chi connectivity index (χ3n) is 14.0. The molecule has 0 aliphatic heterocycles. The summed E-state index contributed by atoms with van der Waals surface area (Å²) in [5.41, 5.74) is 0. The average molecular weight is 948 g/mol. The van der Waals surface area contributed by atoms with Gasteiger partial charge >= 0.3 is 17.9 Å². The van der Waals surface area contributed by atoms with E-state index in [2.05, 4.69) is 27.7 Å². The van der Waals surface area contributed by atoms with Crippen molar-refractivity contribution in [3.8, 4) is 0 Å². The summed E-state index contributed by atoms with van der Waals surface area (Å²) in [6, 6.07) is 0. The van der Waals surface area contributed by atoms with Gasteiger partial charge in [0.1, 0.15) is 13.2 Å². The van der Waals surface area contributed by atoms with Gasteiger partial charge in [-0.15, -0.1) is 0 Å². The second kappa shape index (κ2) is 55.3. The van der Waals surface area contributed by atoms with E-state index in [0.717, 1.165) is 63.7 Å². The van der Waals surface area contributed by atoms with Gasteiger partial charge in [-0.3, -0.25) is 14.4 Å². The Bertz CT molecular complexity index is 1010. The summed E-state index contributed by atoms with van der Waals surface area (Å²) in [7, 11) is 0. The highest BCUT2D eigenvalue weighted by Crippen LogP contribution is 2.18. The fourth-order valence-corrected chi connectivity index (χ4v) is 9.46. The summed E-state index contributed by atoms with van der Waals surface area (Å²) in [6.45, 7) is 9.08. The first-order valence-corrected chi connectivity index (χ1v) is 30.4. The van der Waals surface area contributed by atoms with Crippen molar-refractivity contribution < 1.29 is 28.6 Å². The molecule has 0 aliphatic carbocycles. The maximum atomic E-state index is 12.8. The van der Waals surface area contributed by atoms with Crippen LogP contribution in [0.4, 0.5) is 0 Å². The molecular weight excluding hydrogens is 829 g/mol. The third kappa shape index (κ3) is 55.2. The number of esters is 3. The minimum Gasteiger partial charge on any atom is -0.462 e. The molecule has 0 rings (SSSR count). The molecule has 0 bridgehead atoms. The lowest BCUT2D eigenvalue weighted by molar-refractivity contribution is -0.167. The van der Waals surface area contributed by atoms with Gasteiger partial charge in [-0.25, -0.2) is 0 Å². The molecule has 6 heteroatoms. The zero-order valence-corrected chi connectivity index (χ0v) is 45.9. The van der Waals surface area contributed by atoms with Crippen LogP contribution < -0.4 is 0 Å². The van der Waals surface area contributed by atoms with Gasteiger partial charge in [-0.2, -0.15) is 0 Å². The summed E-state index contributed by atoms with van der Waals surface area (Å²) in [5.74, 6) is 0.0129. The van der Waals surface area contributed by atoms with Crippen molar-refractivity contribution in [2.45, 2.75) is 355 Å². The van der Waals surface area contributed by atoms with Crippen LogP contribution in [0.1, 0.15) is 349 Å². The Balaban J connectivity index is 4.25. The van der Waals surface area contributed by atoms with Gasteiger partial charge in [-0.1, -0.05) is 310 Å². The molecular formula is C61H118O6. The highest BCUT2D eigenvalue weighted by Gasteiger charge is 2.19. The van der Waals surface area contributed by atoms with Crippen LogP contribution in [0.3, 0.4) is 0 Å². The van der Waals surface area contributed by atoms with Crippen molar-refractivity contribution in [2.75, 3.05) is 13.2 Å². The first-order valence-electron chi connectivity index (χ1n) is 30.4. The second-order valence-corrected chi connectivity index (χ2v) is 21.5. The van der Waals surface area contributed by atoms with E-state index in [1.807, 2.05) is 0 Å². The molecule has 0 radical (unpaired) electrons. The summed E-state index contributed by atoms with van der Waals surface area (Å²) < 4.78 is 16.9. The van der Waals surface area contributed by atoms with Crippen molar-refractivity contribution in [2.24, 2.45) is 5.92 Å². The number of carbonyl (C=O) groups excluding carboxylic acids is 3. The van der Waals surface area contributed by atoms with Gasteiger partial charge in [0.2, 0.25) is 0 Å². The van der Waals surface area contributed by atoms with E-state index in [-0.39, 0.29) is 31.1 Å². The maximum absolute atomic E-state index is 12.8. The number of ether oxygens (including phenoxy) is 3. The molecule has 0 spiro atoms. The highest BCUT2D eigenvalue weighted by molar-refractivity contribution is 5.71. The second-order valence-electron chi connectivity index (χ2n) is 21.5. The van der Waals surface area contributed by atoms with E-state index < -0.39 is 6.10 Å². The summed E-state index contributed by atoms with van der Waals surface area (Å²) in [6.07, 6.45) is 61.0. The van der Waals surface area contributed by atoms with Gasteiger partial charge < -0.3 is 14.2 Å². The molecule has 0 saturated heterocycles. The predicted molar refractivity (Wildman–Crippen MR) is 289 cm³/mol. The van der Waals surface area contributed by atoms with Crippen LogP contribution in [-0.2, 0) is 28.6 Å². The predicted octanol–water partition coefficient (Wildman–Crippen LogP) is 20.2. The van der Waals surface area contributed by atoms with Crippen LogP contribution in [0.5, 0.6) is 0 Å². The first kappa shape index (κ1) is 65.4. The van der Waals surface area contributed by atoms with Crippen molar-refractivity contribution in [3.05, 3.63) is 0 Å². The fraction of sp³-hybridized carbons (Fsp3) is 0.951. The van der Waals surface area contributed by atoms with Crippen LogP contribution in [0.2, 0.25) is 0 Å². The lowest BCUT2D eigenvalue weighted by Crippen LogP contribution is -2.30. The summed E-state index contributed by atoms with van der Waals surface area (Å²) >= 11 is 0. The Morgan fingerprint density at radius 3 is 0.731 bits per heavy atom. The van der Waals surface area contributed by atoms with Gasteiger partial charge in [0, 0.05) is 19.3 Å². The molecule has 0 aliphatic rings. The first-order chi connectivity index (χ1) is 32.9. The van der Waals surface area contributed by atoms with E-state index in [1.54, 1.807) is 0 Å². The van der Waals surface area contributed by atoms with Crippen LogP contribution in [0.15, 0.2) is 0 Å². The largest absolute Gasteiger partial charge is 0.462 e. The van der Waals surface area contributed by atoms with Crippen molar-refractivity contribution >= 4 is 17.9 Å². The lowest BCUT2D eigenvalue weighted by atomic mass is 10.0. The monoisotopic (exact) mass is 947 g/mol.